The second-order valence-electron chi connectivity index (χ2n) is 13.1. The van der Waals surface area contributed by atoms with E-state index >= 15 is 0 Å². The van der Waals surface area contributed by atoms with Gasteiger partial charge in [-0.2, -0.15) is 0 Å². The number of para-hydroxylation sites is 1. The van der Waals surface area contributed by atoms with Gasteiger partial charge in [0, 0.05) is 65.0 Å². The van der Waals surface area contributed by atoms with Crippen molar-refractivity contribution in [3.63, 3.8) is 0 Å². The summed E-state index contributed by atoms with van der Waals surface area (Å²) in [4.78, 5) is 26.0. The summed E-state index contributed by atoms with van der Waals surface area (Å²) in [6, 6.07) is 30.5. The second kappa shape index (κ2) is 15.8. The number of nitrogens with one attached hydrogen (secondary N) is 1. The van der Waals surface area contributed by atoms with Crippen molar-refractivity contribution in [2.45, 2.75) is 52.2 Å². The average Bonchev–Trinajstić information content (AvgIpc) is 3.62. The van der Waals surface area contributed by atoms with Gasteiger partial charge in [-0.25, -0.2) is 9.97 Å². The van der Waals surface area contributed by atoms with Gasteiger partial charge in [-0.3, -0.25) is 4.79 Å². The predicted molar refractivity (Wildman–Crippen MR) is 213 cm³/mol. The molecule has 6 aromatic rings. The smallest absolute Gasteiger partial charge is 0.274 e. The second-order valence-corrected chi connectivity index (χ2v) is 14.5. The summed E-state index contributed by atoms with van der Waals surface area (Å²) < 4.78 is 11.4. The number of hydrogen-bond acceptors (Lipinski definition) is 5. The third kappa shape index (κ3) is 7.38. The summed E-state index contributed by atoms with van der Waals surface area (Å²) in [5.41, 5.74) is 8.55. The van der Waals surface area contributed by atoms with Crippen molar-refractivity contribution in [2.75, 3.05) is 19.0 Å². The van der Waals surface area contributed by atoms with Crippen LogP contribution in [0.15, 0.2) is 102 Å². The van der Waals surface area contributed by atoms with Crippen LogP contribution < -0.4 is 10.1 Å². The number of ether oxygens (including phenoxy) is 1. The third-order valence-electron chi connectivity index (χ3n) is 9.79. The molecule has 0 bridgehead atoms. The van der Waals surface area contributed by atoms with E-state index in [9.17, 15) is 4.79 Å². The molecule has 3 heterocycles. The minimum atomic E-state index is -0.0709. The van der Waals surface area contributed by atoms with Crippen LogP contribution in [0.5, 0.6) is 5.75 Å². The van der Waals surface area contributed by atoms with Crippen molar-refractivity contribution in [2.24, 2.45) is 7.05 Å². The first-order valence-corrected chi connectivity index (χ1v) is 18.9. The number of carbonyl (C=O) groups is 1. The van der Waals surface area contributed by atoms with Crippen molar-refractivity contribution in [3.8, 4) is 39.5 Å². The van der Waals surface area contributed by atoms with Crippen LogP contribution in [0.3, 0.4) is 0 Å². The van der Waals surface area contributed by atoms with Crippen molar-refractivity contribution >= 4 is 39.4 Å². The highest BCUT2D eigenvalue weighted by molar-refractivity contribution is 9.10. The molecular weight excluding hydrogens is 736 g/mol. The molecule has 0 atom stereocenters. The zero-order valence-corrected chi connectivity index (χ0v) is 32.0. The van der Waals surface area contributed by atoms with Gasteiger partial charge in [-0.1, -0.05) is 82.5 Å². The highest BCUT2D eigenvalue weighted by atomic mass is 79.9. The van der Waals surface area contributed by atoms with E-state index in [1.807, 2.05) is 79.7 Å². The number of methoxy groups -OCH3 is 1. The van der Waals surface area contributed by atoms with Crippen LogP contribution in [0, 0.1) is 0 Å². The van der Waals surface area contributed by atoms with Crippen molar-refractivity contribution < 1.29 is 9.53 Å². The topological polar surface area (TPSA) is 77.2 Å². The first-order chi connectivity index (χ1) is 25.3. The minimum absolute atomic E-state index is 0.0709. The molecule has 1 aliphatic heterocycles. The van der Waals surface area contributed by atoms with Gasteiger partial charge in [0.25, 0.3) is 5.91 Å². The van der Waals surface area contributed by atoms with Gasteiger partial charge in [-0.15, -0.1) is 0 Å². The molecule has 0 unspecified atom stereocenters. The fourth-order valence-corrected chi connectivity index (χ4v) is 7.70. The van der Waals surface area contributed by atoms with E-state index in [0.717, 1.165) is 93.4 Å². The van der Waals surface area contributed by atoms with E-state index in [-0.39, 0.29) is 5.91 Å². The Morgan fingerprint density at radius 2 is 1.75 bits per heavy atom. The number of halogens is 2. The van der Waals surface area contributed by atoms with E-state index in [1.165, 1.54) is 5.56 Å². The minimum Gasteiger partial charge on any atom is -0.496 e. The Bertz CT molecular complexity index is 2190. The molecular formula is C42H42BrClN6O2. The number of aromatic nitrogens is 4. The van der Waals surface area contributed by atoms with E-state index in [0.29, 0.717) is 30.4 Å². The lowest BCUT2D eigenvalue weighted by Gasteiger charge is -2.23. The monoisotopic (exact) mass is 776 g/mol. The first kappa shape index (κ1) is 35.5. The summed E-state index contributed by atoms with van der Waals surface area (Å²) in [5, 5.41) is 4.13. The fraction of sp³-hybridized carbons (Fsp3) is 0.262. The summed E-state index contributed by atoms with van der Waals surface area (Å²) >= 11 is 9.97. The van der Waals surface area contributed by atoms with Crippen LogP contribution in [0.4, 0.5) is 5.95 Å². The molecule has 52 heavy (non-hydrogen) atoms. The molecule has 0 radical (unpaired) electrons. The van der Waals surface area contributed by atoms with Gasteiger partial charge in [-0.05, 0) is 79.8 Å². The van der Waals surface area contributed by atoms with Crippen LogP contribution in [0.1, 0.15) is 53.5 Å². The number of imidazole rings is 2. The fourth-order valence-electron chi connectivity index (χ4n) is 7.08. The highest BCUT2D eigenvalue weighted by Gasteiger charge is 2.28. The third-order valence-corrected chi connectivity index (χ3v) is 10.5. The summed E-state index contributed by atoms with van der Waals surface area (Å²) in [7, 11) is 3.71. The molecule has 0 saturated carbocycles. The average molecular weight is 778 g/mol. The van der Waals surface area contributed by atoms with Crippen LogP contribution in [0.25, 0.3) is 33.8 Å². The number of carbonyl (C=O) groups excluding carboxylic acids is 1. The van der Waals surface area contributed by atoms with Crippen LogP contribution in [-0.4, -0.2) is 43.6 Å². The zero-order chi connectivity index (χ0) is 36.2. The molecule has 0 saturated heterocycles. The normalized spacial score (nSPS) is 12.6. The lowest BCUT2D eigenvalue weighted by Crippen LogP contribution is -2.31. The van der Waals surface area contributed by atoms with E-state index in [4.69, 9.17) is 21.3 Å². The number of benzene rings is 4. The van der Waals surface area contributed by atoms with E-state index in [2.05, 4.69) is 71.8 Å². The van der Waals surface area contributed by atoms with Gasteiger partial charge in [0.1, 0.15) is 17.3 Å². The molecule has 8 nitrogen and oxygen atoms in total. The Morgan fingerprint density at radius 1 is 0.962 bits per heavy atom. The molecule has 2 aromatic heterocycles. The van der Waals surface area contributed by atoms with Crippen LogP contribution >= 0.6 is 27.5 Å². The van der Waals surface area contributed by atoms with Gasteiger partial charge < -0.3 is 24.1 Å². The number of anilines is 1. The maximum atomic E-state index is 14.4. The van der Waals surface area contributed by atoms with Gasteiger partial charge in [0.05, 0.1) is 24.7 Å². The lowest BCUT2D eigenvalue weighted by molar-refractivity contribution is 0.0745. The molecule has 1 N–H and O–H groups in total. The Kier molecular flexibility index (Phi) is 10.8. The number of fused-ring (bicyclic) bond motifs is 1. The highest BCUT2D eigenvalue weighted by Crippen LogP contribution is 2.38. The maximum absolute atomic E-state index is 14.4. The number of amides is 1. The Morgan fingerprint density at radius 3 is 2.52 bits per heavy atom. The Balaban J connectivity index is 1.18. The number of nitrogens with zero attached hydrogens (tertiary/aromatic N) is 5. The molecule has 266 valence electrons. The van der Waals surface area contributed by atoms with Crippen LogP contribution in [0.2, 0.25) is 5.02 Å². The Labute approximate surface area is 318 Å². The van der Waals surface area contributed by atoms with Gasteiger partial charge in [0.15, 0.2) is 0 Å². The SMILES string of the molecule is CCN(Cc1cccc(-c2cc(Br)cc(-c3cnc(NCc4ccccc4)n3C)c2)c1OC)C(=O)c1nc(-c2ccc(Cl)cc2)n2c1CCCCC2. The number of rotatable bonds is 11. The number of hydrogen-bond donors (Lipinski definition) is 1. The molecule has 7 rings (SSSR count). The van der Waals surface area contributed by atoms with Gasteiger partial charge >= 0.3 is 0 Å². The van der Waals surface area contributed by atoms with Crippen LogP contribution in [-0.2, 0) is 33.1 Å². The predicted octanol–water partition coefficient (Wildman–Crippen LogP) is 10.0. The summed E-state index contributed by atoms with van der Waals surface area (Å²) in [6.45, 7) is 4.45. The molecule has 1 aliphatic rings. The molecule has 4 aromatic carbocycles. The van der Waals surface area contributed by atoms with E-state index in [1.54, 1.807) is 7.11 Å². The maximum Gasteiger partial charge on any atom is 0.274 e. The molecule has 0 spiro atoms. The zero-order valence-electron chi connectivity index (χ0n) is 29.7. The quantitative estimate of drug-likeness (QED) is 0.142. The van der Waals surface area contributed by atoms with Crippen molar-refractivity contribution in [1.29, 1.82) is 0 Å². The largest absolute Gasteiger partial charge is 0.496 e. The first-order valence-electron chi connectivity index (χ1n) is 17.8. The molecule has 1 amide bonds. The standard InChI is InChI=1S/C42H42BrClN6O2/c1-4-49(41(51)38-36-16-9-6-10-21-50(36)40(47-38)29-17-19-34(44)20-18-29)27-30-14-11-15-35(39(30)52-3)31-22-32(24-33(43)23-31)37-26-46-42(48(37)2)45-25-28-12-7-5-8-13-28/h5,7-8,11-15,17-20,22-24,26H,4,6,9-10,16,21,25,27H2,1-3H3,(H,45,46). The summed E-state index contributed by atoms with van der Waals surface area (Å²) in [6.07, 6.45) is 5.94. The molecule has 10 heteroatoms. The van der Waals surface area contributed by atoms with Crippen molar-refractivity contribution in [3.05, 3.63) is 129 Å². The van der Waals surface area contributed by atoms with Gasteiger partial charge in [0.2, 0.25) is 5.95 Å². The summed E-state index contributed by atoms with van der Waals surface area (Å²) in [5.74, 6) is 2.28. The van der Waals surface area contributed by atoms with E-state index < -0.39 is 0 Å². The van der Waals surface area contributed by atoms with Crippen molar-refractivity contribution in [1.82, 2.24) is 24.0 Å². The Hall–Kier alpha value is -4.86. The lowest BCUT2D eigenvalue weighted by atomic mass is 9.98. The molecule has 0 aliphatic carbocycles. The molecule has 0 fully saturated rings.